The van der Waals surface area contributed by atoms with Gasteiger partial charge in [-0.15, -0.1) is 6.42 Å². The van der Waals surface area contributed by atoms with Crippen LogP contribution < -0.4 is 10.1 Å². The molecule has 0 heterocycles. The lowest BCUT2D eigenvalue weighted by molar-refractivity contribution is 0.366. The Bertz CT molecular complexity index is 682. The van der Waals surface area contributed by atoms with Crippen molar-refractivity contribution < 1.29 is 9.13 Å². The molecule has 2 aromatic carbocycles. The van der Waals surface area contributed by atoms with Crippen LogP contribution in [-0.2, 0) is 6.54 Å². The van der Waals surface area contributed by atoms with E-state index in [0.717, 1.165) is 14.5 Å². The number of terminal acetylenes is 1. The fourth-order valence-electron chi connectivity index (χ4n) is 1.77. The van der Waals surface area contributed by atoms with E-state index in [1.807, 2.05) is 18.2 Å². The first-order valence-corrected chi connectivity index (χ1v) is 7.72. The van der Waals surface area contributed by atoms with Gasteiger partial charge in [0.1, 0.15) is 18.2 Å². The summed E-state index contributed by atoms with van der Waals surface area (Å²) in [6.07, 6.45) is 5.21. The van der Waals surface area contributed by atoms with E-state index in [4.69, 9.17) is 11.2 Å². The first-order valence-electron chi connectivity index (χ1n) is 6.14. The minimum absolute atomic E-state index is 0.207. The predicted molar refractivity (Wildman–Crippen MR) is 89.9 cm³/mol. The van der Waals surface area contributed by atoms with Crippen molar-refractivity contribution in [2.45, 2.75) is 6.54 Å². The molecule has 0 spiro atoms. The monoisotopic (exact) mass is 411 g/mol. The van der Waals surface area contributed by atoms with Crippen molar-refractivity contribution >= 4 is 37.5 Å². The highest BCUT2D eigenvalue weighted by Crippen LogP contribution is 2.27. The van der Waals surface area contributed by atoms with E-state index >= 15 is 0 Å². The molecule has 0 bridgehead atoms. The van der Waals surface area contributed by atoms with Crippen LogP contribution in [0.5, 0.6) is 5.75 Å². The second kappa shape index (κ2) is 7.48. The number of hydrogen-bond acceptors (Lipinski definition) is 2. The van der Waals surface area contributed by atoms with Gasteiger partial charge in [-0.1, -0.05) is 21.9 Å². The van der Waals surface area contributed by atoms with E-state index in [0.29, 0.717) is 18.0 Å². The van der Waals surface area contributed by atoms with Gasteiger partial charge in [0, 0.05) is 21.1 Å². The number of hydrogen-bond donors (Lipinski definition) is 1. The topological polar surface area (TPSA) is 21.3 Å². The number of nitrogens with one attached hydrogen (secondary N) is 1. The Hall–Kier alpha value is -1.51. The van der Waals surface area contributed by atoms with Gasteiger partial charge in [-0.25, -0.2) is 4.39 Å². The number of anilines is 1. The van der Waals surface area contributed by atoms with Crippen molar-refractivity contribution in [2.24, 2.45) is 0 Å². The molecule has 0 fully saturated rings. The summed E-state index contributed by atoms with van der Waals surface area (Å²) in [5.41, 5.74) is 1.61. The maximum Gasteiger partial charge on any atom is 0.148 e. The van der Waals surface area contributed by atoms with Crippen LogP contribution in [0.25, 0.3) is 0 Å². The summed E-state index contributed by atoms with van der Waals surface area (Å²) in [6, 6.07) is 10.2. The summed E-state index contributed by atoms with van der Waals surface area (Å²) in [7, 11) is 0. The fraction of sp³-hybridized carbons (Fsp3) is 0.125. The van der Waals surface area contributed by atoms with Crippen LogP contribution in [-0.4, -0.2) is 6.61 Å². The second-order valence-electron chi connectivity index (χ2n) is 4.22. The van der Waals surface area contributed by atoms with Crippen LogP contribution in [0.3, 0.4) is 0 Å². The normalized spacial score (nSPS) is 10.0. The average molecular weight is 413 g/mol. The molecule has 2 nitrogen and oxygen atoms in total. The molecule has 5 heteroatoms. The smallest absolute Gasteiger partial charge is 0.148 e. The summed E-state index contributed by atoms with van der Waals surface area (Å²) >= 11 is 6.81. The first-order chi connectivity index (χ1) is 10.1. The van der Waals surface area contributed by atoms with Crippen LogP contribution >= 0.6 is 31.9 Å². The van der Waals surface area contributed by atoms with E-state index < -0.39 is 0 Å². The van der Waals surface area contributed by atoms with Gasteiger partial charge in [0.05, 0.1) is 5.69 Å². The highest BCUT2D eigenvalue weighted by atomic mass is 79.9. The number of rotatable bonds is 5. The van der Waals surface area contributed by atoms with Gasteiger partial charge in [0.2, 0.25) is 0 Å². The molecule has 0 saturated carbocycles. The molecule has 1 N–H and O–H groups in total. The van der Waals surface area contributed by atoms with Crippen molar-refractivity contribution in [3.8, 4) is 18.1 Å². The van der Waals surface area contributed by atoms with Crippen LogP contribution in [0.1, 0.15) is 5.56 Å². The maximum atomic E-state index is 13.3. The lowest BCUT2D eigenvalue weighted by Gasteiger charge is -2.13. The molecule has 2 aromatic rings. The minimum atomic E-state index is -0.293. The van der Waals surface area contributed by atoms with Gasteiger partial charge >= 0.3 is 0 Å². The van der Waals surface area contributed by atoms with Gasteiger partial charge in [-0.05, 0) is 52.3 Å². The van der Waals surface area contributed by atoms with E-state index in [1.54, 1.807) is 6.07 Å². The molecule has 0 aliphatic heterocycles. The molecule has 0 radical (unpaired) electrons. The Morgan fingerprint density at radius 3 is 2.76 bits per heavy atom. The van der Waals surface area contributed by atoms with Crippen molar-refractivity contribution in [2.75, 3.05) is 11.9 Å². The van der Waals surface area contributed by atoms with E-state index in [2.05, 4.69) is 43.1 Å². The zero-order valence-corrected chi connectivity index (χ0v) is 14.2. The lowest BCUT2D eigenvalue weighted by Crippen LogP contribution is -2.04. The Morgan fingerprint density at radius 2 is 2.00 bits per heavy atom. The Morgan fingerprint density at radius 1 is 1.19 bits per heavy atom. The van der Waals surface area contributed by atoms with Gasteiger partial charge in [-0.3, -0.25) is 0 Å². The fourth-order valence-corrected chi connectivity index (χ4v) is 2.57. The zero-order valence-electron chi connectivity index (χ0n) is 11.0. The third-order valence-corrected chi connectivity index (χ3v) is 3.92. The molecule has 0 atom stereocenters. The molecular weight excluding hydrogens is 401 g/mol. The predicted octanol–water partition coefficient (Wildman–Crippen LogP) is 4.97. The van der Waals surface area contributed by atoms with Crippen molar-refractivity contribution in [1.82, 2.24) is 0 Å². The molecule has 0 aromatic heterocycles. The van der Waals surface area contributed by atoms with E-state index in [9.17, 15) is 4.39 Å². The molecule has 108 valence electrons. The quantitative estimate of drug-likeness (QED) is 0.699. The second-order valence-corrected chi connectivity index (χ2v) is 5.99. The summed E-state index contributed by atoms with van der Waals surface area (Å²) in [5.74, 6) is 2.85. The molecule has 0 unspecified atom stereocenters. The number of ether oxygens (including phenoxy) is 1. The molecule has 0 aliphatic carbocycles. The lowest BCUT2D eigenvalue weighted by atomic mass is 10.2. The highest BCUT2D eigenvalue weighted by Gasteiger charge is 2.07. The maximum absolute atomic E-state index is 13.3. The molecule has 0 amide bonds. The minimum Gasteiger partial charge on any atom is -0.481 e. The molecular formula is C16H12Br2FNO. The van der Waals surface area contributed by atoms with Gasteiger partial charge in [0.25, 0.3) is 0 Å². The van der Waals surface area contributed by atoms with Crippen LogP contribution in [0.2, 0.25) is 0 Å². The van der Waals surface area contributed by atoms with E-state index in [1.165, 1.54) is 12.1 Å². The third-order valence-electron chi connectivity index (χ3n) is 2.73. The van der Waals surface area contributed by atoms with Crippen molar-refractivity contribution in [1.29, 1.82) is 0 Å². The third kappa shape index (κ3) is 4.48. The van der Waals surface area contributed by atoms with Crippen molar-refractivity contribution in [3.63, 3.8) is 0 Å². The molecule has 0 saturated heterocycles. The summed E-state index contributed by atoms with van der Waals surface area (Å²) in [5, 5.41) is 3.17. The summed E-state index contributed by atoms with van der Waals surface area (Å²) in [4.78, 5) is 0. The standard InChI is InChI=1S/C16H12Br2FNO/c1-2-7-21-16-6-3-12(17)8-11(16)10-20-15-9-13(19)4-5-14(15)18/h1,3-6,8-9,20H,7,10H2. The molecule has 0 aliphatic rings. The van der Waals surface area contributed by atoms with Crippen LogP contribution in [0, 0.1) is 18.2 Å². The first kappa shape index (κ1) is 15.9. The summed E-state index contributed by atoms with van der Waals surface area (Å²) in [6.45, 7) is 0.694. The Balaban J connectivity index is 2.17. The van der Waals surface area contributed by atoms with E-state index in [-0.39, 0.29) is 12.4 Å². The Labute approximate surface area is 140 Å². The van der Waals surface area contributed by atoms with Gasteiger partial charge in [0.15, 0.2) is 0 Å². The van der Waals surface area contributed by atoms with Crippen LogP contribution in [0.15, 0.2) is 45.3 Å². The zero-order chi connectivity index (χ0) is 15.2. The molecule has 2 rings (SSSR count). The SMILES string of the molecule is C#CCOc1ccc(Br)cc1CNc1cc(F)ccc1Br. The highest BCUT2D eigenvalue weighted by molar-refractivity contribution is 9.10. The van der Waals surface area contributed by atoms with Crippen molar-refractivity contribution in [3.05, 3.63) is 56.7 Å². The largest absolute Gasteiger partial charge is 0.481 e. The summed E-state index contributed by atoms with van der Waals surface area (Å²) < 4.78 is 20.5. The van der Waals surface area contributed by atoms with Crippen LogP contribution in [0.4, 0.5) is 10.1 Å². The Kier molecular flexibility index (Phi) is 5.66. The average Bonchev–Trinajstić information content (AvgIpc) is 2.47. The molecule has 21 heavy (non-hydrogen) atoms. The van der Waals surface area contributed by atoms with Gasteiger partial charge in [-0.2, -0.15) is 0 Å². The number of halogens is 3. The van der Waals surface area contributed by atoms with Gasteiger partial charge < -0.3 is 10.1 Å². The number of benzene rings is 2.